The van der Waals surface area contributed by atoms with Crippen LogP contribution in [0.1, 0.15) is 46.2 Å². The van der Waals surface area contributed by atoms with Crippen molar-refractivity contribution in [2.75, 3.05) is 27.0 Å². The van der Waals surface area contributed by atoms with Gasteiger partial charge in [-0.2, -0.15) is 0 Å². The largest absolute Gasteiger partial charge is 0.471 e. The van der Waals surface area contributed by atoms with Gasteiger partial charge in [-0.15, -0.1) is 11.8 Å². The van der Waals surface area contributed by atoms with Crippen LogP contribution in [0.15, 0.2) is 53.6 Å². The third-order valence-corrected chi connectivity index (χ3v) is 9.09. The molecule has 0 radical (unpaired) electrons. The number of hydrogen-bond acceptors (Lipinski definition) is 7. The van der Waals surface area contributed by atoms with E-state index in [4.69, 9.17) is 21.1 Å². The first kappa shape index (κ1) is 35.1. The van der Waals surface area contributed by atoms with Crippen molar-refractivity contribution in [3.05, 3.63) is 70.2 Å². The van der Waals surface area contributed by atoms with Gasteiger partial charge in [0.15, 0.2) is 0 Å². The third-order valence-electron chi connectivity index (χ3n) is 7.80. The molecule has 2 unspecified atom stereocenters. The van der Waals surface area contributed by atoms with Crippen LogP contribution in [0.2, 0.25) is 5.02 Å². The maximum absolute atomic E-state index is 16.1. The normalized spacial score (nSPS) is 14.6. The molecule has 0 bridgehead atoms. The fourth-order valence-corrected chi connectivity index (χ4v) is 6.66. The number of H-pyrrole nitrogens is 1. The Hall–Kier alpha value is -3.80. The zero-order chi connectivity index (χ0) is 33.5. The molecular formula is C34H41ClFN5O4S. The van der Waals surface area contributed by atoms with E-state index in [9.17, 15) is 4.79 Å². The molecule has 0 saturated carbocycles. The minimum atomic E-state index is -0.494. The van der Waals surface area contributed by atoms with E-state index in [1.54, 1.807) is 25.0 Å². The van der Waals surface area contributed by atoms with E-state index in [1.807, 2.05) is 79.8 Å². The van der Waals surface area contributed by atoms with Gasteiger partial charge in [0, 0.05) is 22.4 Å². The number of methoxy groups -OCH3 is 1. The van der Waals surface area contributed by atoms with Crippen LogP contribution in [0.5, 0.6) is 5.75 Å². The number of carbonyl (C=O) groups excluding carboxylic acids is 2. The first-order chi connectivity index (χ1) is 22.1. The van der Waals surface area contributed by atoms with Crippen molar-refractivity contribution in [2.24, 2.45) is 5.92 Å². The summed E-state index contributed by atoms with van der Waals surface area (Å²) in [6.45, 7) is 9.38. The maximum atomic E-state index is 16.1. The number of benzene rings is 2. The summed E-state index contributed by atoms with van der Waals surface area (Å²) in [4.78, 5) is 32.9. The van der Waals surface area contributed by atoms with Gasteiger partial charge in [0.25, 0.3) is 6.47 Å². The van der Waals surface area contributed by atoms with Gasteiger partial charge in [0.05, 0.1) is 53.4 Å². The molecule has 1 aliphatic rings. The molecule has 1 amide bonds. The van der Waals surface area contributed by atoms with Crippen LogP contribution in [0.4, 0.5) is 4.39 Å². The molecule has 46 heavy (non-hydrogen) atoms. The van der Waals surface area contributed by atoms with E-state index in [0.717, 1.165) is 22.2 Å². The van der Waals surface area contributed by atoms with Crippen molar-refractivity contribution in [1.82, 2.24) is 24.8 Å². The van der Waals surface area contributed by atoms with Crippen LogP contribution < -0.4 is 10.1 Å². The number of likely N-dealkylation sites (N-methyl/N-ethyl adjacent to an activating group) is 1. The number of para-hydroxylation sites is 1. The number of aromatic amines is 1. The van der Waals surface area contributed by atoms with Crippen LogP contribution in [0.25, 0.3) is 33.4 Å². The monoisotopic (exact) mass is 669 g/mol. The third kappa shape index (κ3) is 6.96. The van der Waals surface area contributed by atoms with Gasteiger partial charge in [-0.05, 0) is 50.8 Å². The van der Waals surface area contributed by atoms with E-state index in [1.165, 1.54) is 13.2 Å². The highest BCUT2D eigenvalue weighted by Gasteiger charge is 2.35. The number of fused-ring (bicyclic) bond motifs is 5. The van der Waals surface area contributed by atoms with E-state index >= 15 is 4.39 Å². The number of nitrogens with zero attached hydrogens (tertiary/aromatic N) is 3. The maximum Gasteiger partial charge on any atom is 0.292 e. The topological polar surface area (TPSA) is 101 Å². The fourth-order valence-electron chi connectivity index (χ4n) is 5.72. The molecule has 2 aromatic heterocycles. The second kappa shape index (κ2) is 15.7. The Morgan fingerprint density at radius 2 is 2.04 bits per heavy atom. The summed E-state index contributed by atoms with van der Waals surface area (Å²) in [5.74, 6) is 0.786. The Balaban J connectivity index is 0.00000113. The summed E-state index contributed by atoms with van der Waals surface area (Å²) in [6.07, 6.45) is 6.01. The lowest BCUT2D eigenvalue weighted by Crippen LogP contribution is -2.48. The smallest absolute Gasteiger partial charge is 0.292 e. The molecule has 2 aromatic carbocycles. The Morgan fingerprint density at radius 3 is 2.65 bits per heavy atom. The van der Waals surface area contributed by atoms with Crippen molar-refractivity contribution in [3.8, 4) is 28.3 Å². The lowest BCUT2D eigenvalue weighted by atomic mass is 10.0. The molecule has 2 atom stereocenters. The number of hydrogen-bond donors (Lipinski definition) is 2. The molecule has 0 aliphatic carbocycles. The number of aromatic nitrogens is 3. The number of thioether (sulfide) groups is 1. The van der Waals surface area contributed by atoms with Gasteiger partial charge in [0.2, 0.25) is 12.1 Å². The van der Waals surface area contributed by atoms with Gasteiger partial charge in [-0.3, -0.25) is 14.2 Å². The van der Waals surface area contributed by atoms with Gasteiger partial charge in [-0.1, -0.05) is 56.6 Å². The average molecular weight is 670 g/mol. The second-order valence-corrected chi connectivity index (χ2v) is 12.3. The number of rotatable bonds is 11. The summed E-state index contributed by atoms with van der Waals surface area (Å²) in [7, 11) is 3.12. The second-order valence-electron chi connectivity index (χ2n) is 11.1. The summed E-state index contributed by atoms with van der Waals surface area (Å²) >= 11 is 8.50. The highest BCUT2D eigenvalue weighted by Crippen LogP contribution is 2.51. The molecule has 1 aliphatic heterocycles. The number of allylic oxidation sites excluding steroid dienone is 1. The van der Waals surface area contributed by atoms with Crippen LogP contribution >= 0.6 is 23.4 Å². The molecule has 9 nitrogen and oxygen atoms in total. The molecule has 12 heteroatoms. The average Bonchev–Trinajstić information content (AvgIpc) is 3.64. The van der Waals surface area contributed by atoms with E-state index in [2.05, 4.69) is 20.0 Å². The molecule has 246 valence electrons. The van der Waals surface area contributed by atoms with E-state index in [-0.39, 0.29) is 17.9 Å². The van der Waals surface area contributed by atoms with Crippen LogP contribution in [0.3, 0.4) is 0 Å². The van der Waals surface area contributed by atoms with E-state index < -0.39 is 12.0 Å². The molecule has 2 N–H and O–H groups in total. The highest BCUT2D eigenvalue weighted by molar-refractivity contribution is 8.02. The molecule has 0 saturated heterocycles. The van der Waals surface area contributed by atoms with Crippen molar-refractivity contribution in [3.63, 3.8) is 0 Å². The standard InChI is InChI=1S/C32H37ClFN5O2S.C2H4O2/c1-7-13-38(31(40)29(35-5)18(3)4)17-26-36-16-22(37-26)19-14-21(34)27-24(15-19)41-32(25(8-2)42-6)39-23-12-10-9-11-20(23)28(33)30(27)39;1-4-2-3/h8-12,14-16,18,29,32,35H,7,13,17H2,1-6H3,(H,36,37);2H,1H3/b25-8-;. The molecule has 0 spiro atoms. The van der Waals surface area contributed by atoms with Gasteiger partial charge in [0.1, 0.15) is 17.4 Å². The minimum Gasteiger partial charge on any atom is -0.471 e. The lowest BCUT2D eigenvalue weighted by molar-refractivity contribution is -0.135. The van der Waals surface area contributed by atoms with Crippen molar-refractivity contribution >= 4 is 46.6 Å². The van der Waals surface area contributed by atoms with Crippen LogP contribution in [-0.2, 0) is 20.9 Å². The molecule has 4 aromatic rings. The van der Waals surface area contributed by atoms with Crippen molar-refractivity contribution < 1.29 is 23.5 Å². The number of ether oxygens (including phenoxy) is 2. The van der Waals surface area contributed by atoms with Gasteiger partial charge in [-0.25, -0.2) is 9.37 Å². The lowest BCUT2D eigenvalue weighted by Gasteiger charge is -2.31. The zero-order valence-corrected chi connectivity index (χ0v) is 28.8. The minimum absolute atomic E-state index is 0.0346. The first-order valence-corrected chi connectivity index (χ1v) is 16.7. The predicted octanol–water partition coefficient (Wildman–Crippen LogP) is 7.42. The SMILES string of the molecule is C/C=C(\SC)C1Oc2cc(-c3cnc(CN(CCC)C(=O)C(NC)C(C)C)[nH]3)cc(F)c2-c2c(Cl)c3ccccc3n21.COC=O. The predicted molar refractivity (Wildman–Crippen MR) is 183 cm³/mol. The highest BCUT2D eigenvalue weighted by atomic mass is 35.5. The number of amides is 1. The Kier molecular flexibility index (Phi) is 11.9. The number of carbonyl (C=O) groups is 2. The Bertz CT molecular complexity index is 1720. The van der Waals surface area contributed by atoms with Crippen molar-refractivity contribution in [2.45, 2.75) is 52.9 Å². The van der Waals surface area contributed by atoms with Crippen molar-refractivity contribution in [1.29, 1.82) is 0 Å². The summed E-state index contributed by atoms with van der Waals surface area (Å²) in [5, 5.41) is 4.48. The summed E-state index contributed by atoms with van der Waals surface area (Å²) < 4.78 is 28.4. The number of nitrogens with one attached hydrogen (secondary N) is 2. The summed E-state index contributed by atoms with van der Waals surface area (Å²) in [5.41, 5.74) is 3.05. The fraction of sp³-hybridized carbons (Fsp3) is 0.382. The summed E-state index contributed by atoms with van der Waals surface area (Å²) in [6, 6.07) is 10.8. The Labute approximate surface area is 278 Å². The molecular weight excluding hydrogens is 629 g/mol. The zero-order valence-electron chi connectivity index (χ0n) is 27.2. The molecule has 0 fully saturated rings. The van der Waals surface area contributed by atoms with Crippen LogP contribution in [-0.4, -0.2) is 64.8 Å². The molecule has 5 rings (SSSR count). The van der Waals surface area contributed by atoms with Gasteiger partial charge >= 0.3 is 0 Å². The van der Waals surface area contributed by atoms with Gasteiger partial charge < -0.3 is 24.7 Å². The first-order valence-electron chi connectivity index (χ1n) is 15.1. The van der Waals surface area contributed by atoms with E-state index in [0.29, 0.717) is 58.7 Å². The molecule has 3 heterocycles. The van der Waals surface area contributed by atoms with Crippen LogP contribution in [0, 0.1) is 11.7 Å². The number of imidazole rings is 1. The number of halogens is 2. The quantitative estimate of drug-likeness (QED) is 0.160. The Morgan fingerprint density at radius 1 is 1.33 bits per heavy atom.